The number of likely N-dealkylation sites (N-methyl/N-ethyl adjacent to an activating group) is 1. The predicted octanol–water partition coefficient (Wildman–Crippen LogP) is 5.59. The topological polar surface area (TPSA) is 101 Å². The van der Waals surface area contributed by atoms with Crippen molar-refractivity contribution in [1.82, 2.24) is 15.1 Å². The number of hydrogen-bond donors (Lipinski definition) is 1. The van der Waals surface area contributed by atoms with Gasteiger partial charge in [0.05, 0.1) is 47.7 Å². The van der Waals surface area contributed by atoms with E-state index in [1.54, 1.807) is 31.6 Å². The van der Waals surface area contributed by atoms with E-state index in [2.05, 4.69) is 30.7 Å². The third-order valence-corrected chi connectivity index (χ3v) is 10.1. The average Bonchev–Trinajstić information content (AvgIpc) is 3.52. The number of hydrogen-bond acceptors (Lipinski definition) is 7. The molecule has 0 bridgehead atoms. The van der Waals surface area contributed by atoms with E-state index in [9.17, 15) is 14.4 Å². The van der Waals surface area contributed by atoms with Crippen molar-refractivity contribution in [3.63, 3.8) is 0 Å². The second kappa shape index (κ2) is 19.9. The highest BCUT2D eigenvalue weighted by atomic mass is 32.2. The molecule has 1 aliphatic rings. The molecule has 258 valence electrons. The lowest BCUT2D eigenvalue weighted by molar-refractivity contribution is -0.146. The van der Waals surface area contributed by atoms with Gasteiger partial charge >= 0.3 is 0 Å². The Kier molecular flexibility index (Phi) is 17.0. The monoisotopic (exact) mass is 658 g/mol. The molecule has 0 aliphatic carbocycles. The van der Waals surface area contributed by atoms with Crippen molar-refractivity contribution in [3.8, 4) is 0 Å². The van der Waals surface area contributed by atoms with Gasteiger partial charge in [-0.2, -0.15) is 0 Å². The highest BCUT2D eigenvalue weighted by Crippen LogP contribution is 2.30. The lowest BCUT2D eigenvalue weighted by atomic mass is 9.90. The minimum Gasteiger partial charge on any atom is -0.379 e. The first-order valence-electron chi connectivity index (χ1n) is 16.6. The lowest BCUT2D eigenvalue weighted by Crippen LogP contribution is -2.54. The number of carbonyl (C=O) groups excluding carboxylic acids is 3. The molecule has 1 N–H and O–H groups in total. The molecule has 10 heteroatoms. The molecule has 1 aromatic rings. The smallest absolute Gasteiger partial charge is 0.226 e. The van der Waals surface area contributed by atoms with Crippen molar-refractivity contribution in [3.05, 3.63) is 47.9 Å². The van der Waals surface area contributed by atoms with Gasteiger partial charge in [0.2, 0.25) is 17.7 Å². The van der Waals surface area contributed by atoms with Gasteiger partial charge in [-0.05, 0) is 42.1 Å². The summed E-state index contributed by atoms with van der Waals surface area (Å²) in [5, 5.41) is 5.70. The number of ether oxygens (including phenoxy) is 2. The zero-order valence-electron chi connectivity index (χ0n) is 29.5. The second-order valence-corrected chi connectivity index (χ2v) is 13.8. The maximum absolute atomic E-state index is 14.0. The van der Waals surface area contributed by atoms with E-state index in [1.807, 2.05) is 63.1 Å². The van der Waals surface area contributed by atoms with E-state index in [-0.39, 0.29) is 54.1 Å². The van der Waals surface area contributed by atoms with Gasteiger partial charge in [0.15, 0.2) is 0 Å². The summed E-state index contributed by atoms with van der Waals surface area (Å²) in [6, 6.07) is 9.16. The summed E-state index contributed by atoms with van der Waals surface area (Å²) in [7, 11) is 6.77. The first kappa shape index (κ1) is 39.5. The van der Waals surface area contributed by atoms with E-state index in [0.29, 0.717) is 19.4 Å². The zero-order chi connectivity index (χ0) is 34.4. The molecule has 0 unspecified atom stereocenters. The van der Waals surface area contributed by atoms with Gasteiger partial charge < -0.3 is 24.6 Å². The molecule has 1 aromatic carbocycles. The van der Waals surface area contributed by atoms with E-state index >= 15 is 0 Å². The molecule has 46 heavy (non-hydrogen) atoms. The van der Waals surface area contributed by atoms with Gasteiger partial charge in [-0.25, -0.2) is 0 Å². The Morgan fingerprint density at radius 2 is 1.80 bits per heavy atom. The van der Waals surface area contributed by atoms with Crippen molar-refractivity contribution in [2.75, 3.05) is 34.9 Å². The SMILES string of the molecule is C=CSC(=NC)[C@H](Cc1ccccc1)NC(=O)[C@H](C)[C@@H](OC)[C@@H]1CCCN1C(=O)C[C@@H](OC)[C@H]([C@@H](C)CC)N(C)C(=O)CC(C)C. The van der Waals surface area contributed by atoms with Crippen LogP contribution >= 0.6 is 11.8 Å². The molecule has 0 radical (unpaired) electrons. The fourth-order valence-electron chi connectivity index (χ4n) is 6.55. The van der Waals surface area contributed by atoms with Crippen LogP contribution in [0.1, 0.15) is 72.3 Å². The summed E-state index contributed by atoms with van der Waals surface area (Å²) in [4.78, 5) is 48.9. The minimum absolute atomic E-state index is 0.0493. The molecular weight excluding hydrogens is 600 g/mol. The molecule has 2 rings (SSSR count). The third kappa shape index (κ3) is 10.9. The van der Waals surface area contributed by atoms with Crippen LogP contribution in [-0.4, -0.2) is 97.8 Å². The Morgan fingerprint density at radius 1 is 1.13 bits per heavy atom. The average molecular weight is 659 g/mol. The molecule has 3 amide bonds. The highest BCUT2D eigenvalue weighted by Gasteiger charge is 2.42. The van der Waals surface area contributed by atoms with Crippen molar-refractivity contribution >= 4 is 34.5 Å². The number of nitrogens with one attached hydrogen (secondary N) is 1. The number of carbonyl (C=O) groups is 3. The van der Waals surface area contributed by atoms with Gasteiger partial charge in [-0.1, -0.05) is 89.7 Å². The fraction of sp³-hybridized carbons (Fsp3) is 0.667. The second-order valence-electron chi connectivity index (χ2n) is 12.8. The summed E-state index contributed by atoms with van der Waals surface area (Å²) in [6.07, 6.45) is 2.63. The quantitative estimate of drug-likeness (QED) is 0.163. The predicted molar refractivity (Wildman–Crippen MR) is 189 cm³/mol. The van der Waals surface area contributed by atoms with Crippen molar-refractivity contribution in [2.24, 2.45) is 22.7 Å². The van der Waals surface area contributed by atoms with E-state index in [0.717, 1.165) is 29.9 Å². The normalized spacial score (nSPS) is 19.2. The Hall–Kier alpha value is -2.69. The summed E-state index contributed by atoms with van der Waals surface area (Å²) in [6.45, 7) is 14.5. The zero-order valence-corrected chi connectivity index (χ0v) is 30.3. The van der Waals surface area contributed by atoms with Gasteiger partial charge in [-0.15, -0.1) is 0 Å². The maximum Gasteiger partial charge on any atom is 0.226 e. The van der Waals surface area contributed by atoms with Crippen molar-refractivity contribution < 1.29 is 23.9 Å². The van der Waals surface area contributed by atoms with Gasteiger partial charge in [0.1, 0.15) is 0 Å². The molecule has 9 nitrogen and oxygen atoms in total. The van der Waals surface area contributed by atoms with Gasteiger partial charge in [-0.3, -0.25) is 19.4 Å². The van der Waals surface area contributed by atoms with Crippen LogP contribution in [0, 0.1) is 17.8 Å². The number of methoxy groups -OCH3 is 2. The third-order valence-electron chi connectivity index (χ3n) is 9.21. The molecule has 0 spiro atoms. The number of likely N-dealkylation sites (tertiary alicyclic amines) is 1. The van der Waals surface area contributed by atoms with Crippen LogP contribution in [0.4, 0.5) is 0 Å². The summed E-state index contributed by atoms with van der Waals surface area (Å²) in [5.41, 5.74) is 1.09. The lowest BCUT2D eigenvalue weighted by Gasteiger charge is -2.39. The number of rotatable bonds is 18. The van der Waals surface area contributed by atoms with E-state index in [1.165, 1.54) is 11.8 Å². The Labute approximate surface area is 281 Å². The number of benzene rings is 1. The number of thioether (sulfide) groups is 1. The van der Waals surface area contributed by atoms with E-state index < -0.39 is 18.1 Å². The van der Waals surface area contributed by atoms with Crippen LogP contribution in [0.5, 0.6) is 0 Å². The molecule has 1 saturated heterocycles. The van der Waals surface area contributed by atoms with Crippen molar-refractivity contribution in [2.45, 2.75) is 103 Å². The standard InChI is InChI=1S/C36H58N4O5S/c1-11-25(5)33(39(8)31(41)21-24(3)4)30(44-9)23-32(42)40-20-16-19-29(40)34(45-10)26(6)35(43)38-28(36(37-7)46-12-2)22-27-17-14-13-15-18-27/h12-15,17-18,24-26,28-30,33-34H,2,11,16,19-23H2,1,3-10H3,(H,38,43)/t25-,26+,28-,29-,30+,33-,34+/m0/s1. The Morgan fingerprint density at radius 3 is 2.35 bits per heavy atom. The van der Waals surface area contributed by atoms with Gasteiger partial charge in [0.25, 0.3) is 0 Å². The minimum atomic E-state index is -0.528. The first-order chi connectivity index (χ1) is 21.9. The Balaban J connectivity index is 2.24. The van der Waals surface area contributed by atoms with Crippen molar-refractivity contribution in [1.29, 1.82) is 0 Å². The number of nitrogens with zero attached hydrogens (tertiary/aromatic N) is 3. The molecule has 1 aliphatic heterocycles. The molecule has 0 saturated carbocycles. The molecular formula is C36H58N4O5S. The molecule has 1 heterocycles. The van der Waals surface area contributed by atoms with Crippen LogP contribution in [-0.2, 0) is 30.3 Å². The fourth-order valence-corrected chi connectivity index (χ4v) is 7.13. The van der Waals surface area contributed by atoms with Crippen LogP contribution in [0.25, 0.3) is 0 Å². The molecule has 7 atom stereocenters. The summed E-state index contributed by atoms with van der Waals surface area (Å²) < 4.78 is 11.9. The van der Waals surface area contributed by atoms with Crippen LogP contribution in [0.2, 0.25) is 0 Å². The highest BCUT2D eigenvalue weighted by molar-refractivity contribution is 8.16. The summed E-state index contributed by atoms with van der Waals surface area (Å²) >= 11 is 1.40. The van der Waals surface area contributed by atoms with E-state index in [4.69, 9.17) is 9.47 Å². The first-order valence-corrected chi connectivity index (χ1v) is 17.5. The number of aliphatic imine (C=N–C) groups is 1. The summed E-state index contributed by atoms with van der Waals surface area (Å²) in [5.74, 6) is -0.299. The largest absolute Gasteiger partial charge is 0.379 e. The van der Waals surface area contributed by atoms with Crippen LogP contribution in [0.15, 0.2) is 47.3 Å². The molecule has 0 aromatic heterocycles. The Bertz CT molecular complexity index is 1150. The van der Waals surface area contributed by atoms with Crippen LogP contribution < -0.4 is 5.32 Å². The number of amides is 3. The van der Waals surface area contributed by atoms with Crippen LogP contribution in [0.3, 0.4) is 0 Å². The van der Waals surface area contributed by atoms with Gasteiger partial charge in [0, 0.05) is 41.3 Å². The maximum atomic E-state index is 14.0. The molecule has 1 fully saturated rings.